The summed E-state index contributed by atoms with van der Waals surface area (Å²) in [6, 6.07) is 0. The van der Waals surface area contributed by atoms with Gasteiger partial charge < -0.3 is 4.74 Å². The summed E-state index contributed by atoms with van der Waals surface area (Å²) < 4.78 is 6.26. The average Bonchev–Trinajstić information content (AvgIpc) is 2.28. The summed E-state index contributed by atoms with van der Waals surface area (Å²) in [5.41, 5.74) is -0.535. The number of hydrogen-bond donors (Lipinski definition) is 0. The Balaban J connectivity index is 2.14. The van der Waals surface area contributed by atoms with Crippen molar-refractivity contribution in [2.45, 2.75) is 77.4 Å². The van der Waals surface area contributed by atoms with Crippen molar-refractivity contribution in [3.63, 3.8) is 0 Å². The number of carbonyl (C=O) groups is 1. The lowest BCUT2D eigenvalue weighted by Crippen LogP contribution is -2.61. The predicted octanol–water partition coefficient (Wildman–Crippen LogP) is 3.73. The van der Waals surface area contributed by atoms with Crippen LogP contribution >= 0.6 is 0 Å². The lowest BCUT2D eigenvalue weighted by Gasteiger charge is -2.55. The van der Waals surface area contributed by atoms with Crippen LogP contribution in [0.2, 0.25) is 0 Å². The van der Waals surface area contributed by atoms with Crippen LogP contribution in [0.5, 0.6) is 0 Å². The van der Waals surface area contributed by atoms with Crippen LogP contribution < -0.4 is 0 Å². The zero-order valence-corrected chi connectivity index (χ0v) is 11.7. The molecular weight excluding hydrogens is 212 g/mol. The van der Waals surface area contributed by atoms with Crippen LogP contribution in [-0.4, -0.2) is 17.0 Å². The highest BCUT2D eigenvalue weighted by molar-refractivity contribution is 5.88. The maximum absolute atomic E-state index is 12.0. The van der Waals surface area contributed by atoms with Crippen LogP contribution in [0.4, 0.5) is 0 Å². The third-order valence-electron chi connectivity index (χ3n) is 5.16. The molecule has 1 saturated carbocycles. The van der Waals surface area contributed by atoms with Gasteiger partial charge in [-0.05, 0) is 44.9 Å². The second-order valence-corrected chi connectivity index (χ2v) is 6.40. The van der Waals surface area contributed by atoms with Gasteiger partial charge in [0.1, 0.15) is 5.60 Å². The SMILES string of the molecule is CCC(CC)C[C@@]1(C)O[C@@]2(C)CC[C@@H]1CC2=O. The van der Waals surface area contributed by atoms with Gasteiger partial charge in [0.2, 0.25) is 0 Å². The van der Waals surface area contributed by atoms with E-state index in [0.29, 0.717) is 11.7 Å². The van der Waals surface area contributed by atoms with E-state index in [0.717, 1.165) is 25.2 Å². The fraction of sp³-hybridized carbons (Fsp3) is 0.933. The Labute approximate surface area is 105 Å². The molecule has 0 unspecified atom stereocenters. The minimum atomic E-state index is -0.477. The predicted molar refractivity (Wildman–Crippen MR) is 68.9 cm³/mol. The van der Waals surface area contributed by atoms with E-state index in [9.17, 15) is 4.79 Å². The first-order chi connectivity index (χ1) is 7.93. The quantitative estimate of drug-likeness (QED) is 0.746. The van der Waals surface area contributed by atoms with Gasteiger partial charge in [-0.3, -0.25) is 4.79 Å². The van der Waals surface area contributed by atoms with Crippen molar-refractivity contribution in [3.8, 4) is 0 Å². The van der Waals surface area contributed by atoms with Crippen LogP contribution in [0.15, 0.2) is 0 Å². The maximum atomic E-state index is 12.0. The van der Waals surface area contributed by atoms with Crippen LogP contribution in [0.25, 0.3) is 0 Å². The van der Waals surface area contributed by atoms with Gasteiger partial charge in [0.25, 0.3) is 0 Å². The summed E-state index contributed by atoms with van der Waals surface area (Å²) >= 11 is 0. The maximum Gasteiger partial charge on any atom is 0.164 e. The summed E-state index contributed by atoms with van der Waals surface area (Å²) in [5, 5.41) is 0. The first kappa shape index (κ1) is 13.1. The molecule has 2 heteroatoms. The van der Waals surface area contributed by atoms with Gasteiger partial charge in [-0.2, -0.15) is 0 Å². The van der Waals surface area contributed by atoms with Crippen molar-refractivity contribution in [2.24, 2.45) is 11.8 Å². The molecule has 0 aromatic carbocycles. The van der Waals surface area contributed by atoms with Crippen LogP contribution in [0.1, 0.15) is 66.2 Å². The van der Waals surface area contributed by atoms with Crippen molar-refractivity contribution in [2.75, 3.05) is 0 Å². The molecule has 3 aliphatic rings. The van der Waals surface area contributed by atoms with Crippen molar-refractivity contribution >= 4 is 5.78 Å². The van der Waals surface area contributed by atoms with Gasteiger partial charge in [-0.1, -0.05) is 26.7 Å². The van der Waals surface area contributed by atoms with Gasteiger partial charge in [-0.15, -0.1) is 0 Å². The normalized spacial score (nSPS) is 41.2. The Hall–Kier alpha value is -0.370. The monoisotopic (exact) mass is 238 g/mol. The first-order valence-corrected chi connectivity index (χ1v) is 7.17. The fourth-order valence-electron chi connectivity index (χ4n) is 3.72. The summed E-state index contributed by atoms with van der Waals surface area (Å²) in [4.78, 5) is 12.0. The minimum Gasteiger partial charge on any atom is -0.361 e. The topological polar surface area (TPSA) is 26.3 Å². The van der Waals surface area contributed by atoms with E-state index in [4.69, 9.17) is 4.74 Å². The molecule has 2 aliphatic heterocycles. The summed E-state index contributed by atoms with van der Waals surface area (Å²) in [7, 11) is 0. The number of rotatable bonds is 4. The molecule has 1 aliphatic carbocycles. The van der Waals surface area contributed by atoms with E-state index < -0.39 is 5.60 Å². The van der Waals surface area contributed by atoms with E-state index >= 15 is 0 Å². The van der Waals surface area contributed by atoms with E-state index in [1.54, 1.807) is 0 Å². The Morgan fingerprint density at radius 1 is 1.35 bits per heavy atom. The Kier molecular flexibility index (Phi) is 3.37. The molecule has 0 spiro atoms. The van der Waals surface area contributed by atoms with E-state index in [1.165, 1.54) is 19.3 Å². The summed E-state index contributed by atoms with van der Waals surface area (Å²) in [5.74, 6) is 1.52. The van der Waals surface area contributed by atoms with Crippen molar-refractivity contribution in [1.29, 1.82) is 0 Å². The van der Waals surface area contributed by atoms with Crippen molar-refractivity contribution in [3.05, 3.63) is 0 Å². The molecule has 2 nitrogen and oxygen atoms in total. The molecule has 2 saturated heterocycles. The molecule has 3 atom stereocenters. The zero-order valence-electron chi connectivity index (χ0n) is 11.7. The second kappa shape index (κ2) is 4.38. The third kappa shape index (κ3) is 2.16. The first-order valence-electron chi connectivity index (χ1n) is 7.17. The molecule has 0 N–H and O–H groups in total. The van der Waals surface area contributed by atoms with Gasteiger partial charge in [0.05, 0.1) is 5.60 Å². The lowest BCUT2D eigenvalue weighted by molar-refractivity contribution is -0.232. The fourth-order valence-corrected chi connectivity index (χ4v) is 3.72. The summed E-state index contributed by atoms with van der Waals surface area (Å²) in [6.45, 7) is 8.74. The highest BCUT2D eigenvalue weighted by atomic mass is 16.5. The number of fused-ring (bicyclic) bond motifs is 3. The molecule has 3 fully saturated rings. The molecule has 0 amide bonds. The van der Waals surface area contributed by atoms with E-state index in [-0.39, 0.29) is 5.60 Å². The summed E-state index contributed by atoms with van der Waals surface area (Å²) in [6.07, 6.45) is 6.38. The van der Waals surface area contributed by atoms with Crippen LogP contribution in [0.3, 0.4) is 0 Å². The molecular formula is C15H26O2. The highest BCUT2D eigenvalue weighted by Crippen LogP contribution is 2.50. The van der Waals surface area contributed by atoms with Crippen LogP contribution in [-0.2, 0) is 9.53 Å². The van der Waals surface area contributed by atoms with Gasteiger partial charge >= 0.3 is 0 Å². The largest absolute Gasteiger partial charge is 0.361 e. The Morgan fingerprint density at radius 3 is 2.47 bits per heavy atom. The smallest absolute Gasteiger partial charge is 0.164 e. The molecule has 0 radical (unpaired) electrons. The number of ether oxygens (including phenoxy) is 1. The number of ketones is 1. The molecule has 2 bridgehead atoms. The van der Waals surface area contributed by atoms with Crippen LogP contribution in [0, 0.1) is 11.8 Å². The number of hydrogen-bond acceptors (Lipinski definition) is 2. The number of carbonyl (C=O) groups excluding carboxylic acids is 1. The minimum absolute atomic E-state index is 0.0579. The highest BCUT2D eigenvalue weighted by Gasteiger charge is 2.55. The van der Waals surface area contributed by atoms with Crippen molar-refractivity contribution < 1.29 is 9.53 Å². The Bertz CT molecular complexity index is 308. The molecule has 17 heavy (non-hydrogen) atoms. The van der Waals surface area contributed by atoms with E-state index in [2.05, 4.69) is 20.8 Å². The molecule has 0 aromatic heterocycles. The molecule has 2 heterocycles. The third-order valence-corrected chi connectivity index (χ3v) is 5.16. The Morgan fingerprint density at radius 2 is 2.00 bits per heavy atom. The lowest BCUT2D eigenvalue weighted by atomic mass is 9.65. The number of Topliss-reactive ketones (excluding diaryl/α,β-unsaturated/α-hetero) is 1. The zero-order chi connectivity index (χ0) is 12.7. The van der Waals surface area contributed by atoms with Gasteiger partial charge in [0, 0.05) is 6.42 Å². The standard InChI is InChI=1S/C15H26O2/c1-5-11(6-2)10-15(4)12-7-8-14(3,17-15)13(16)9-12/h11-12H,5-10H2,1-4H3/t12-,14+,15-/m1/s1. The van der Waals surface area contributed by atoms with Gasteiger partial charge in [-0.25, -0.2) is 0 Å². The molecule has 98 valence electrons. The van der Waals surface area contributed by atoms with Gasteiger partial charge in [0.15, 0.2) is 5.78 Å². The average molecular weight is 238 g/mol. The van der Waals surface area contributed by atoms with Crippen molar-refractivity contribution in [1.82, 2.24) is 0 Å². The molecule has 3 rings (SSSR count). The molecule has 0 aromatic rings. The van der Waals surface area contributed by atoms with E-state index in [1.807, 2.05) is 6.92 Å². The second-order valence-electron chi connectivity index (χ2n) is 6.40.